The number of benzene rings is 2. The van der Waals surface area contributed by atoms with Crippen LogP contribution in [-0.4, -0.2) is 5.91 Å². The van der Waals surface area contributed by atoms with Gasteiger partial charge in [0.2, 0.25) is 0 Å². The predicted molar refractivity (Wildman–Crippen MR) is 73.6 cm³/mol. The summed E-state index contributed by atoms with van der Waals surface area (Å²) in [5.41, 5.74) is 2.09. The second kappa shape index (κ2) is 5.21. The number of rotatable bonds is 2. The number of nitrogens with two attached hydrogens (primary N) is 1. The quantitative estimate of drug-likeness (QED) is 0.512. The maximum absolute atomic E-state index is 12.2. The van der Waals surface area contributed by atoms with E-state index in [1.54, 1.807) is 30.3 Å². The van der Waals surface area contributed by atoms with E-state index in [2.05, 4.69) is 0 Å². The molecule has 0 spiro atoms. The molecule has 2 rings (SSSR count). The van der Waals surface area contributed by atoms with E-state index in [0.717, 1.165) is 10.6 Å². The molecule has 0 aromatic heterocycles. The molecule has 0 bridgehead atoms. The molecule has 0 aliphatic carbocycles. The minimum atomic E-state index is -0.240. The molecule has 18 heavy (non-hydrogen) atoms. The molecule has 0 heterocycles. The lowest BCUT2D eigenvalue weighted by atomic mass is 10.1. The molecule has 0 aliphatic heterocycles. The zero-order chi connectivity index (χ0) is 13.1. The van der Waals surface area contributed by atoms with Crippen LogP contribution in [0, 0.1) is 6.92 Å². The summed E-state index contributed by atoms with van der Waals surface area (Å²) in [5.74, 6) is 5.59. The van der Waals surface area contributed by atoms with Crippen molar-refractivity contribution in [3.05, 3.63) is 64.7 Å². The fourth-order valence-corrected chi connectivity index (χ4v) is 1.79. The van der Waals surface area contributed by atoms with E-state index in [1.807, 2.05) is 25.1 Å². The van der Waals surface area contributed by atoms with Crippen LogP contribution >= 0.6 is 11.6 Å². The molecule has 0 fully saturated rings. The number of hydrogen-bond donors (Lipinski definition) is 1. The van der Waals surface area contributed by atoms with Crippen LogP contribution in [0.5, 0.6) is 0 Å². The molecule has 0 unspecified atom stereocenters. The van der Waals surface area contributed by atoms with Gasteiger partial charge in [-0.05, 0) is 42.8 Å². The number of nitrogens with zero attached hydrogens (tertiary/aromatic N) is 1. The zero-order valence-electron chi connectivity index (χ0n) is 9.93. The maximum Gasteiger partial charge on any atom is 0.272 e. The summed E-state index contributed by atoms with van der Waals surface area (Å²) in [6.45, 7) is 1.88. The highest BCUT2D eigenvalue weighted by Gasteiger charge is 2.15. The molecule has 1 amide bonds. The van der Waals surface area contributed by atoms with Gasteiger partial charge in [0.25, 0.3) is 5.91 Å². The summed E-state index contributed by atoms with van der Waals surface area (Å²) in [5, 5.41) is 1.73. The first-order valence-corrected chi connectivity index (χ1v) is 5.88. The van der Waals surface area contributed by atoms with Crippen molar-refractivity contribution in [3.63, 3.8) is 0 Å². The van der Waals surface area contributed by atoms with Crippen molar-refractivity contribution >= 4 is 23.2 Å². The Morgan fingerprint density at radius 2 is 1.72 bits per heavy atom. The summed E-state index contributed by atoms with van der Waals surface area (Å²) < 4.78 is 0. The molecule has 4 heteroatoms. The SMILES string of the molecule is Cc1ccccc1C(=O)N(N)c1ccc(Cl)cc1. The molecule has 0 atom stereocenters. The van der Waals surface area contributed by atoms with Crippen LogP contribution in [0.25, 0.3) is 0 Å². The smallest absolute Gasteiger partial charge is 0.267 e. The van der Waals surface area contributed by atoms with Gasteiger partial charge in [0.15, 0.2) is 0 Å². The molecule has 2 aromatic carbocycles. The average molecular weight is 261 g/mol. The number of hydrazine groups is 1. The number of hydrogen-bond acceptors (Lipinski definition) is 2. The Morgan fingerprint density at radius 1 is 1.11 bits per heavy atom. The minimum Gasteiger partial charge on any atom is -0.267 e. The highest BCUT2D eigenvalue weighted by molar-refractivity contribution is 6.30. The highest BCUT2D eigenvalue weighted by Crippen LogP contribution is 2.18. The molecule has 0 radical (unpaired) electrons. The van der Waals surface area contributed by atoms with Crippen molar-refractivity contribution in [2.45, 2.75) is 6.92 Å². The first kappa shape index (κ1) is 12.6. The average Bonchev–Trinajstić information content (AvgIpc) is 2.38. The zero-order valence-corrected chi connectivity index (χ0v) is 10.7. The maximum atomic E-state index is 12.2. The number of amides is 1. The van der Waals surface area contributed by atoms with Gasteiger partial charge in [0.1, 0.15) is 0 Å². The lowest BCUT2D eigenvalue weighted by Crippen LogP contribution is -2.37. The lowest BCUT2D eigenvalue weighted by molar-refractivity contribution is 0.0986. The van der Waals surface area contributed by atoms with Gasteiger partial charge in [-0.15, -0.1) is 0 Å². The van der Waals surface area contributed by atoms with Crippen molar-refractivity contribution in [3.8, 4) is 0 Å². The summed E-state index contributed by atoms with van der Waals surface area (Å²) >= 11 is 5.79. The van der Waals surface area contributed by atoms with Gasteiger partial charge in [0.05, 0.1) is 5.69 Å². The van der Waals surface area contributed by atoms with Crippen molar-refractivity contribution in [1.82, 2.24) is 0 Å². The third-order valence-electron chi connectivity index (χ3n) is 2.70. The van der Waals surface area contributed by atoms with Gasteiger partial charge in [0, 0.05) is 10.6 Å². The van der Waals surface area contributed by atoms with Crippen LogP contribution in [0.3, 0.4) is 0 Å². The van der Waals surface area contributed by atoms with Gasteiger partial charge in [-0.1, -0.05) is 29.8 Å². The van der Waals surface area contributed by atoms with Gasteiger partial charge in [-0.25, -0.2) is 10.9 Å². The molecule has 0 saturated carbocycles. The van der Waals surface area contributed by atoms with Crippen molar-refractivity contribution in [1.29, 1.82) is 0 Å². The number of anilines is 1. The number of aryl methyl sites for hydroxylation is 1. The minimum absolute atomic E-state index is 0.240. The van der Waals surface area contributed by atoms with E-state index in [4.69, 9.17) is 17.4 Å². The summed E-state index contributed by atoms with van der Waals surface area (Å²) in [4.78, 5) is 12.2. The van der Waals surface area contributed by atoms with E-state index >= 15 is 0 Å². The van der Waals surface area contributed by atoms with E-state index in [0.29, 0.717) is 16.3 Å². The van der Waals surface area contributed by atoms with Crippen LogP contribution in [-0.2, 0) is 0 Å². The second-order valence-electron chi connectivity index (χ2n) is 3.97. The van der Waals surface area contributed by atoms with Crippen LogP contribution in [0.4, 0.5) is 5.69 Å². The third-order valence-corrected chi connectivity index (χ3v) is 2.95. The summed E-state index contributed by atoms with van der Waals surface area (Å²) in [7, 11) is 0. The van der Waals surface area contributed by atoms with Gasteiger partial charge >= 0.3 is 0 Å². The topological polar surface area (TPSA) is 46.3 Å². The predicted octanol–water partition coefficient (Wildman–Crippen LogP) is 3.17. The molecule has 2 aromatic rings. The molecule has 92 valence electrons. The van der Waals surface area contributed by atoms with Crippen molar-refractivity contribution in [2.24, 2.45) is 5.84 Å². The summed E-state index contributed by atoms with van der Waals surface area (Å²) in [6, 6.07) is 14.1. The number of carbonyl (C=O) groups is 1. The molecular weight excluding hydrogens is 248 g/mol. The standard InChI is InChI=1S/C14H13ClN2O/c1-10-4-2-3-5-13(10)14(18)17(16)12-8-6-11(15)7-9-12/h2-9H,16H2,1H3. The Kier molecular flexibility index (Phi) is 3.65. The normalized spacial score (nSPS) is 10.2. The van der Waals surface area contributed by atoms with Crippen LogP contribution in [0.2, 0.25) is 5.02 Å². The Bertz CT molecular complexity index is 566. The highest BCUT2D eigenvalue weighted by atomic mass is 35.5. The Hall–Kier alpha value is -1.84. The van der Waals surface area contributed by atoms with Crippen LogP contribution in [0.15, 0.2) is 48.5 Å². The summed E-state index contributed by atoms with van der Waals surface area (Å²) in [6.07, 6.45) is 0. The van der Waals surface area contributed by atoms with Gasteiger partial charge in [-0.2, -0.15) is 0 Å². The van der Waals surface area contributed by atoms with Crippen LogP contribution < -0.4 is 10.9 Å². The lowest BCUT2D eigenvalue weighted by Gasteiger charge is -2.17. The monoisotopic (exact) mass is 260 g/mol. The van der Waals surface area contributed by atoms with E-state index in [-0.39, 0.29) is 5.91 Å². The Balaban J connectivity index is 2.29. The first-order valence-electron chi connectivity index (χ1n) is 5.50. The van der Waals surface area contributed by atoms with Gasteiger partial charge < -0.3 is 0 Å². The third kappa shape index (κ3) is 2.53. The fourth-order valence-electron chi connectivity index (χ4n) is 1.66. The van der Waals surface area contributed by atoms with Crippen LogP contribution in [0.1, 0.15) is 15.9 Å². The fraction of sp³-hybridized carbons (Fsp3) is 0.0714. The van der Waals surface area contributed by atoms with Crippen molar-refractivity contribution in [2.75, 3.05) is 5.01 Å². The van der Waals surface area contributed by atoms with E-state index in [9.17, 15) is 4.79 Å². The number of carbonyl (C=O) groups excluding carboxylic acids is 1. The molecule has 0 saturated heterocycles. The van der Waals surface area contributed by atoms with E-state index < -0.39 is 0 Å². The Labute approximate surface area is 111 Å². The number of halogens is 1. The van der Waals surface area contributed by atoms with E-state index in [1.165, 1.54) is 0 Å². The molecule has 0 aliphatic rings. The molecule has 2 N–H and O–H groups in total. The second-order valence-corrected chi connectivity index (χ2v) is 4.40. The van der Waals surface area contributed by atoms with Crippen molar-refractivity contribution < 1.29 is 4.79 Å². The largest absolute Gasteiger partial charge is 0.272 e. The first-order chi connectivity index (χ1) is 8.59. The Morgan fingerprint density at radius 3 is 2.33 bits per heavy atom. The van der Waals surface area contributed by atoms with Gasteiger partial charge in [-0.3, -0.25) is 4.79 Å². The molecule has 3 nitrogen and oxygen atoms in total. The molecular formula is C14H13ClN2O.